The minimum absolute atomic E-state index is 0.00134. The number of halogens is 2. The summed E-state index contributed by atoms with van der Waals surface area (Å²) in [7, 11) is -2.00. The molecule has 5 rings (SSSR count). The summed E-state index contributed by atoms with van der Waals surface area (Å²) in [5.41, 5.74) is -1.77. The lowest BCUT2D eigenvalue weighted by Crippen LogP contribution is -2.70. The van der Waals surface area contributed by atoms with Gasteiger partial charge in [-0.15, -0.1) is 0 Å². The summed E-state index contributed by atoms with van der Waals surface area (Å²) in [6, 6.07) is 11.9. The number of hydrogen-bond donors (Lipinski definition) is 1. The minimum atomic E-state index is -3.58. The van der Waals surface area contributed by atoms with E-state index in [4.69, 9.17) is 18.5 Å². The highest BCUT2D eigenvalue weighted by atomic mass is 31.2. The zero-order valence-electron chi connectivity index (χ0n) is 26.4. The molecule has 47 heavy (non-hydrogen) atoms. The SMILES string of the molecule is CCOP(=O)(CCN1n2cc(C(=O)NCc3ccc(F)cc3F)c(=O)c(OCc3ccccc3)c2C(=O)N(C)[C@]12CCOC2)OCC. The Hall–Kier alpha value is -4.10. The van der Waals surface area contributed by atoms with Gasteiger partial charge in [0.25, 0.3) is 11.8 Å². The highest BCUT2D eigenvalue weighted by Crippen LogP contribution is 2.48. The van der Waals surface area contributed by atoms with Crippen molar-refractivity contribution in [2.24, 2.45) is 0 Å². The number of carbonyl (C=O) groups excluding carboxylic acids is 2. The third-order valence-corrected chi connectivity index (χ3v) is 10.2. The molecule has 2 aromatic carbocycles. The van der Waals surface area contributed by atoms with Crippen LogP contribution in [0.15, 0.2) is 59.5 Å². The van der Waals surface area contributed by atoms with Crippen molar-refractivity contribution in [3.05, 3.63) is 99.0 Å². The normalized spacial score (nSPS) is 17.7. The van der Waals surface area contributed by atoms with Crippen LogP contribution in [-0.4, -0.2) is 73.2 Å². The van der Waals surface area contributed by atoms with E-state index in [1.807, 2.05) is 6.07 Å². The Bertz CT molecular complexity index is 1720. The first-order valence-corrected chi connectivity index (χ1v) is 17.0. The van der Waals surface area contributed by atoms with Crippen LogP contribution < -0.4 is 20.5 Å². The Balaban J connectivity index is 1.62. The molecule has 0 aliphatic carbocycles. The van der Waals surface area contributed by atoms with Crippen LogP contribution in [0.1, 0.15) is 52.2 Å². The molecule has 1 fully saturated rings. The number of pyridine rings is 1. The molecule has 1 atom stereocenters. The van der Waals surface area contributed by atoms with Crippen molar-refractivity contribution in [3.63, 3.8) is 0 Å². The van der Waals surface area contributed by atoms with E-state index in [2.05, 4.69) is 5.32 Å². The van der Waals surface area contributed by atoms with Gasteiger partial charge in [-0.25, -0.2) is 8.78 Å². The molecule has 1 spiro atoms. The summed E-state index contributed by atoms with van der Waals surface area (Å²) in [4.78, 5) is 43.1. The number of amides is 2. The van der Waals surface area contributed by atoms with Crippen molar-refractivity contribution < 1.29 is 41.5 Å². The quantitative estimate of drug-likeness (QED) is 0.267. The van der Waals surface area contributed by atoms with E-state index in [-0.39, 0.29) is 62.7 Å². The number of likely N-dealkylation sites (N-methyl/N-ethyl adjacent to an activating group) is 1. The Kier molecular flexibility index (Phi) is 10.5. The maximum Gasteiger partial charge on any atom is 0.332 e. The summed E-state index contributed by atoms with van der Waals surface area (Å²) in [5, 5.41) is 4.23. The van der Waals surface area contributed by atoms with Crippen LogP contribution in [0.3, 0.4) is 0 Å². The van der Waals surface area contributed by atoms with Crippen molar-refractivity contribution in [2.45, 2.75) is 39.1 Å². The maximum absolute atomic E-state index is 14.3. The van der Waals surface area contributed by atoms with Gasteiger partial charge in [-0.05, 0) is 25.5 Å². The number of nitrogens with one attached hydrogen (secondary N) is 1. The monoisotopic (exact) mass is 674 g/mol. The van der Waals surface area contributed by atoms with Crippen molar-refractivity contribution in [3.8, 4) is 5.75 Å². The number of rotatable bonds is 13. The first kappa shape index (κ1) is 34.2. The summed E-state index contributed by atoms with van der Waals surface area (Å²) < 4.78 is 65.6. The van der Waals surface area contributed by atoms with E-state index < -0.39 is 47.7 Å². The van der Waals surface area contributed by atoms with Crippen molar-refractivity contribution in [1.82, 2.24) is 14.9 Å². The van der Waals surface area contributed by atoms with Gasteiger partial charge in [0.1, 0.15) is 23.8 Å². The molecular formula is C32H37F2N4O8P. The molecule has 1 N–H and O–H groups in total. The second kappa shape index (κ2) is 14.3. The Morgan fingerprint density at radius 2 is 1.81 bits per heavy atom. The first-order valence-electron chi connectivity index (χ1n) is 15.2. The molecule has 2 amide bonds. The number of aromatic nitrogens is 1. The van der Waals surface area contributed by atoms with E-state index in [0.29, 0.717) is 24.7 Å². The van der Waals surface area contributed by atoms with Crippen molar-refractivity contribution in [1.29, 1.82) is 0 Å². The molecular weight excluding hydrogens is 637 g/mol. The van der Waals surface area contributed by atoms with Gasteiger partial charge < -0.3 is 28.7 Å². The Morgan fingerprint density at radius 1 is 1.09 bits per heavy atom. The molecule has 3 heterocycles. The standard InChI is InChI=1S/C32H37F2N4O8P/c1-4-45-47(42,46-5-2)16-14-38-32(13-15-43-21-32)36(3)31(41)27-29(44-20-22-9-7-6-8-10-22)28(39)25(19-37(27)38)30(40)35-18-23-11-12-24(33)17-26(23)34/h6-12,17,19H,4-5,13-16,18,20-21H2,1-3H3,(H,35,40)/t32-/m1/s1. The molecule has 1 saturated heterocycles. The highest BCUT2D eigenvalue weighted by Gasteiger charge is 2.53. The minimum Gasteiger partial charge on any atom is -0.482 e. The van der Waals surface area contributed by atoms with Gasteiger partial charge in [-0.1, -0.05) is 36.4 Å². The number of ether oxygens (including phenoxy) is 2. The average molecular weight is 675 g/mol. The predicted molar refractivity (Wildman–Crippen MR) is 168 cm³/mol. The van der Waals surface area contributed by atoms with E-state index in [0.717, 1.165) is 6.07 Å². The van der Waals surface area contributed by atoms with E-state index in [1.54, 1.807) is 50.2 Å². The second-order valence-corrected chi connectivity index (χ2v) is 13.2. The molecule has 2 aliphatic heterocycles. The molecule has 0 bridgehead atoms. The summed E-state index contributed by atoms with van der Waals surface area (Å²) in [5.74, 6) is -3.44. The third-order valence-electron chi connectivity index (χ3n) is 8.16. The van der Waals surface area contributed by atoms with Crippen LogP contribution in [0, 0.1) is 11.6 Å². The molecule has 15 heteroatoms. The van der Waals surface area contributed by atoms with Crippen LogP contribution in [0.2, 0.25) is 0 Å². The summed E-state index contributed by atoms with van der Waals surface area (Å²) >= 11 is 0. The van der Waals surface area contributed by atoms with E-state index in [1.165, 1.54) is 21.8 Å². The smallest absolute Gasteiger partial charge is 0.332 e. The second-order valence-electron chi connectivity index (χ2n) is 11.0. The van der Waals surface area contributed by atoms with E-state index in [9.17, 15) is 27.7 Å². The van der Waals surface area contributed by atoms with Crippen LogP contribution >= 0.6 is 7.60 Å². The van der Waals surface area contributed by atoms with Gasteiger partial charge >= 0.3 is 7.60 Å². The molecule has 1 aromatic heterocycles. The average Bonchev–Trinajstić information content (AvgIpc) is 3.54. The highest BCUT2D eigenvalue weighted by molar-refractivity contribution is 7.53. The van der Waals surface area contributed by atoms with Gasteiger partial charge in [0.2, 0.25) is 5.43 Å². The van der Waals surface area contributed by atoms with Gasteiger partial charge in [0, 0.05) is 44.4 Å². The zero-order chi connectivity index (χ0) is 33.8. The van der Waals surface area contributed by atoms with Crippen molar-refractivity contribution >= 4 is 19.4 Å². The van der Waals surface area contributed by atoms with Crippen LogP contribution in [0.5, 0.6) is 5.75 Å². The largest absolute Gasteiger partial charge is 0.482 e. The first-order chi connectivity index (χ1) is 22.5. The topological polar surface area (TPSA) is 129 Å². The number of fused-ring (bicyclic) bond motifs is 1. The van der Waals surface area contributed by atoms with Crippen molar-refractivity contribution in [2.75, 3.05) is 51.2 Å². The van der Waals surface area contributed by atoms with Gasteiger partial charge in [0.15, 0.2) is 17.1 Å². The maximum atomic E-state index is 14.3. The lowest BCUT2D eigenvalue weighted by molar-refractivity contribution is 0.0303. The molecule has 0 unspecified atom stereocenters. The number of nitrogens with zero attached hydrogens (tertiary/aromatic N) is 3. The fourth-order valence-corrected chi connectivity index (χ4v) is 7.31. The van der Waals surface area contributed by atoms with Gasteiger partial charge in [0.05, 0.1) is 32.6 Å². The van der Waals surface area contributed by atoms with Gasteiger partial charge in [-0.2, -0.15) is 0 Å². The fourth-order valence-electron chi connectivity index (χ4n) is 5.75. The molecule has 12 nitrogen and oxygen atoms in total. The Morgan fingerprint density at radius 3 is 2.45 bits per heavy atom. The lowest BCUT2D eigenvalue weighted by Gasteiger charge is -2.52. The summed E-state index contributed by atoms with van der Waals surface area (Å²) in [6.45, 7) is 3.65. The van der Waals surface area contributed by atoms with Crippen LogP contribution in [-0.2, 0) is 31.5 Å². The lowest BCUT2D eigenvalue weighted by atomic mass is 10.0. The number of carbonyl (C=O) groups is 2. The molecule has 252 valence electrons. The summed E-state index contributed by atoms with van der Waals surface area (Å²) in [6.07, 6.45) is 1.50. The number of benzene rings is 2. The zero-order valence-corrected chi connectivity index (χ0v) is 27.3. The molecule has 2 aliphatic rings. The Labute approximate surface area is 270 Å². The van der Waals surface area contributed by atoms with Gasteiger partial charge in [-0.3, -0.25) is 28.6 Å². The molecule has 0 radical (unpaired) electrons. The fraction of sp³-hybridized carbons (Fsp3) is 0.406. The molecule has 0 saturated carbocycles. The predicted octanol–water partition coefficient (Wildman–Crippen LogP) is 4.04. The van der Waals surface area contributed by atoms with Crippen LogP contribution in [0.25, 0.3) is 0 Å². The van der Waals surface area contributed by atoms with E-state index >= 15 is 0 Å². The number of hydrogen-bond acceptors (Lipinski definition) is 9. The molecule has 3 aromatic rings. The third kappa shape index (κ3) is 6.96. The van der Waals surface area contributed by atoms with Crippen LogP contribution in [0.4, 0.5) is 8.78 Å².